The Balaban J connectivity index is 1.18. The van der Waals surface area contributed by atoms with E-state index in [1.807, 2.05) is 98.8 Å². The Morgan fingerprint density at radius 2 is 1.03 bits per heavy atom. The summed E-state index contributed by atoms with van der Waals surface area (Å²) in [5, 5.41) is 0. The molecular formula is C32H28IO6-. The van der Waals surface area contributed by atoms with Crippen LogP contribution in [0.4, 0.5) is 0 Å². The summed E-state index contributed by atoms with van der Waals surface area (Å²) in [6.45, 7) is 3.33. The molecule has 0 aromatic heterocycles. The molecule has 4 aromatic carbocycles. The van der Waals surface area contributed by atoms with Gasteiger partial charge in [-0.1, -0.05) is 12.1 Å². The third-order valence-corrected chi connectivity index (χ3v) is 9.28. The molecule has 200 valence electrons. The zero-order valence-corrected chi connectivity index (χ0v) is 23.8. The van der Waals surface area contributed by atoms with Gasteiger partial charge in [0, 0.05) is 0 Å². The van der Waals surface area contributed by atoms with Gasteiger partial charge in [0.1, 0.15) is 0 Å². The van der Waals surface area contributed by atoms with Gasteiger partial charge in [0.25, 0.3) is 0 Å². The summed E-state index contributed by atoms with van der Waals surface area (Å²) >= 11 is -0.339. The van der Waals surface area contributed by atoms with Crippen molar-refractivity contribution in [2.24, 2.45) is 0 Å². The number of rotatable bonds is 10. The second-order valence-electron chi connectivity index (χ2n) is 9.04. The van der Waals surface area contributed by atoms with E-state index in [-0.39, 0.29) is 46.6 Å². The van der Waals surface area contributed by atoms with E-state index in [4.69, 9.17) is 18.9 Å². The van der Waals surface area contributed by atoms with Crippen LogP contribution >= 0.6 is 0 Å². The second-order valence-corrected chi connectivity index (χ2v) is 11.9. The van der Waals surface area contributed by atoms with Gasteiger partial charge in [-0.3, -0.25) is 0 Å². The number of fused-ring (bicyclic) bond motifs is 3. The van der Waals surface area contributed by atoms with Crippen molar-refractivity contribution in [3.8, 4) is 22.6 Å². The number of halogens is 1. The van der Waals surface area contributed by atoms with Crippen molar-refractivity contribution in [3.05, 3.63) is 115 Å². The van der Waals surface area contributed by atoms with Crippen LogP contribution < -0.4 is 30.7 Å². The number of carbonyl (C=O) groups is 2. The van der Waals surface area contributed by atoms with Crippen molar-refractivity contribution in [1.29, 1.82) is 0 Å². The van der Waals surface area contributed by atoms with Gasteiger partial charge in [0.05, 0.1) is 0 Å². The van der Waals surface area contributed by atoms with Crippen LogP contribution in [0.1, 0.15) is 37.2 Å². The van der Waals surface area contributed by atoms with Crippen molar-refractivity contribution >= 4 is 11.9 Å². The van der Waals surface area contributed by atoms with E-state index in [9.17, 15) is 9.59 Å². The van der Waals surface area contributed by atoms with Crippen LogP contribution in [0.2, 0.25) is 0 Å². The Morgan fingerprint density at radius 3 is 1.44 bits per heavy atom. The van der Waals surface area contributed by atoms with E-state index in [1.165, 1.54) is 7.14 Å². The van der Waals surface area contributed by atoms with E-state index in [2.05, 4.69) is 12.1 Å². The van der Waals surface area contributed by atoms with E-state index < -0.39 is 11.9 Å². The maximum atomic E-state index is 12.4. The number of hydrogen-bond acceptors (Lipinski definition) is 6. The Bertz CT molecular complexity index is 1340. The Labute approximate surface area is 238 Å². The van der Waals surface area contributed by atoms with Gasteiger partial charge in [0.2, 0.25) is 0 Å². The molecule has 5 rings (SSSR count). The van der Waals surface area contributed by atoms with Gasteiger partial charge >= 0.3 is 227 Å². The number of hydrogen-bond donors (Lipinski definition) is 0. The summed E-state index contributed by atoms with van der Waals surface area (Å²) in [6.07, 6.45) is -0.701. The number of ether oxygens (including phenoxy) is 4. The first-order valence-corrected chi connectivity index (χ1v) is 14.8. The zero-order valence-electron chi connectivity index (χ0n) is 21.6. The van der Waals surface area contributed by atoms with Crippen LogP contribution in [0.5, 0.6) is 11.5 Å². The Morgan fingerprint density at radius 1 is 0.615 bits per heavy atom. The SMILES string of the molecule is CC(OC(=O)COc1ccc2c(c1)-c1cc(OCC(=O)OC(C)c3ccccc3)ccc1[I-]2)c1ccccc1. The van der Waals surface area contributed by atoms with Gasteiger partial charge < -0.3 is 0 Å². The first-order chi connectivity index (χ1) is 19.0. The molecule has 0 N–H and O–H groups in total. The molecule has 0 fully saturated rings. The van der Waals surface area contributed by atoms with Gasteiger partial charge in [-0.2, -0.15) is 0 Å². The molecule has 0 spiro atoms. The minimum absolute atomic E-state index is 0.176. The normalized spacial score (nSPS) is 13.2. The average molecular weight is 635 g/mol. The van der Waals surface area contributed by atoms with E-state index >= 15 is 0 Å². The predicted octanol–water partition coefficient (Wildman–Crippen LogP) is 3.16. The molecule has 0 amide bonds. The quantitative estimate of drug-likeness (QED) is 0.174. The standard InChI is InChI=1S/C32H28IO6/c1-21(23-9-5-3-6-10-23)38-31(34)19-36-25-13-15-29-27(17-25)28-18-26(14-16-30(28)33-29)37-20-32(35)39-22(2)24-11-7-4-8-12-24/h3-18,21-22H,19-20H2,1-2H3/q-1. The Kier molecular flexibility index (Phi) is 8.46. The summed E-state index contributed by atoms with van der Waals surface area (Å²) in [6, 6.07) is 31.0. The maximum absolute atomic E-state index is 12.4. The molecule has 2 atom stereocenters. The van der Waals surface area contributed by atoms with Crippen LogP contribution in [0.3, 0.4) is 0 Å². The molecule has 0 saturated heterocycles. The third-order valence-electron chi connectivity index (χ3n) is 6.24. The summed E-state index contributed by atoms with van der Waals surface area (Å²) < 4.78 is 25.1. The number of benzene rings is 4. The second kappa shape index (κ2) is 12.3. The van der Waals surface area contributed by atoms with Crippen LogP contribution in [0, 0.1) is 7.14 Å². The molecule has 6 nitrogen and oxygen atoms in total. The summed E-state index contributed by atoms with van der Waals surface area (Å²) in [7, 11) is 0. The molecule has 0 bridgehead atoms. The fourth-order valence-corrected chi connectivity index (χ4v) is 7.03. The molecule has 1 aliphatic rings. The monoisotopic (exact) mass is 635 g/mol. The Hall–Kier alpha value is -3.85. The topological polar surface area (TPSA) is 71.1 Å². The molecule has 0 aliphatic carbocycles. The molecule has 1 aliphatic heterocycles. The van der Waals surface area contributed by atoms with Crippen LogP contribution in [-0.4, -0.2) is 25.2 Å². The minimum atomic E-state index is -0.427. The third kappa shape index (κ3) is 6.78. The molecule has 0 radical (unpaired) electrons. The van der Waals surface area contributed by atoms with Gasteiger partial charge in [-0.15, -0.1) is 0 Å². The van der Waals surface area contributed by atoms with Crippen LogP contribution in [0.15, 0.2) is 97.1 Å². The predicted molar refractivity (Wildman–Crippen MR) is 142 cm³/mol. The zero-order chi connectivity index (χ0) is 27.2. The van der Waals surface area contributed by atoms with Crippen molar-refractivity contribution in [2.45, 2.75) is 26.1 Å². The van der Waals surface area contributed by atoms with Gasteiger partial charge in [-0.05, 0) is 0 Å². The average Bonchev–Trinajstić information content (AvgIpc) is 3.33. The fraction of sp³-hybridized carbons (Fsp3) is 0.188. The molecule has 1 heterocycles. The summed E-state index contributed by atoms with van der Waals surface area (Å²) in [4.78, 5) is 24.7. The van der Waals surface area contributed by atoms with E-state index in [0.717, 1.165) is 22.3 Å². The van der Waals surface area contributed by atoms with Gasteiger partial charge in [0.15, 0.2) is 0 Å². The van der Waals surface area contributed by atoms with Crippen molar-refractivity contribution in [3.63, 3.8) is 0 Å². The van der Waals surface area contributed by atoms with Gasteiger partial charge in [-0.25, -0.2) is 0 Å². The molecule has 7 heteroatoms. The van der Waals surface area contributed by atoms with Crippen molar-refractivity contribution < 1.29 is 49.7 Å². The van der Waals surface area contributed by atoms with Crippen molar-refractivity contribution in [2.75, 3.05) is 13.2 Å². The molecule has 39 heavy (non-hydrogen) atoms. The van der Waals surface area contributed by atoms with Crippen LogP contribution in [-0.2, 0) is 19.1 Å². The summed E-state index contributed by atoms with van der Waals surface area (Å²) in [5.41, 5.74) is 3.99. The first kappa shape index (κ1) is 26.7. The first-order valence-electron chi connectivity index (χ1n) is 12.6. The fourth-order valence-electron chi connectivity index (χ4n) is 4.21. The van der Waals surface area contributed by atoms with Crippen LogP contribution in [0.25, 0.3) is 11.1 Å². The van der Waals surface area contributed by atoms with E-state index in [1.54, 1.807) is 0 Å². The molecule has 0 saturated carbocycles. The van der Waals surface area contributed by atoms with E-state index in [0.29, 0.717) is 11.5 Å². The number of esters is 2. The molecule has 4 aromatic rings. The number of carbonyl (C=O) groups excluding carboxylic acids is 2. The summed E-state index contributed by atoms with van der Waals surface area (Å²) in [5.74, 6) is 0.340. The van der Waals surface area contributed by atoms with Crippen molar-refractivity contribution in [1.82, 2.24) is 0 Å². The molecular weight excluding hydrogens is 607 g/mol. The molecule has 2 unspecified atom stereocenters.